The van der Waals surface area contributed by atoms with Gasteiger partial charge in [-0.25, -0.2) is 9.79 Å². The number of thiazole rings is 1. The number of anilines is 1. The molecular weight excluding hydrogens is 578 g/mol. The Labute approximate surface area is 259 Å². The lowest BCUT2D eigenvalue weighted by Gasteiger charge is -2.24. The molecule has 10 heteroatoms. The number of nitrogens with zero attached hydrogens (tertiary/aromatic N) is 3. The third kappa shape index (κ3) is 5.94. The van der Waals surface area contributed by atoms with Crippen molar-refractivity contribution in [3.05, 3.63) is 103 Å². The lowest BCUT2D eigenvalue weighted by molar-refractivity contribution is -0.138. The van der Waals surface area contributed by atoms with Gasteiger partial charge in [0.05, 0.1) is 28.6 Å². The molecule has 2 aromatic carbocycles. The van der Waals surface area contributed by atoms with Gasteiger partial charge in [-0.15, -0.1) is 0 Å². The van der Waals surface area contributed by atoms with Crippen molar-refractivity contribution < 1.29 is 23.9 Å². The molecule has 0 fully saturated rings. The SMILES string of the molecule is C=CCOC(=O)C1=C(C)N=c2s/c(=C3/C(=O)N(CCCCCCC)c4ccccc43)c(=O)n2[C@@H]1c1ccc(OC(C)=O)cc1. The standard InChI is InChI=1S/C34H35N3O6S/c1-5-7-8-9-12-19-36-26-14-11-10-13-25(26)28(31(36)39)30-32(40)37-29(23-15-17-24(18-16-23)43-22(4)38)27(33(41)42-20-6-2)21(3)35-34(37)44-30/h6,10-11,13-18,29H,2,5,7-9,12,19-20H2,1,3-4H3/b30-28+/t29-/m1/s1. The molecule has 3 aromatic rings. The maximum absolute atomic E-state index is 14.3. The molecule has 3 heterocycles. The Morgan fingerprint density at radius 3 is 2.48 bits per heavy atom. The predicted octanol–water partition coefficient (Wildman–Crippen LogP) is 4.58. The summed E-state index contributed by atoms with van der Waals surface area (Å²) in [6.45, 7) is 9.34. The fraction of sp³-hybridized carbons (Fsp3) is 0.324. The zero-order valence-electron chi connectivity index (χ0n) is 25.1. The van der Waals surface area contributed by atoms with Crippen LogP contribution in [0.1, 0.15) is 70.0 Å². The summed E-state index contributed by atoms with van der Waals surface area (Å²) < 4.78 is 12.3. The number of carbonyl (C=O) groups excluding carboxylic acids is 3. The number of esters is 2. The molecular formula is C34H35N3O6S. The topological polar surface area (TPSA) is 107 Å². The Balaban J connectivity index is 1.65. The van der Waals surface area contributed by atoms with Crippen molar-refractivity contribution in [3.63, 3.8) is 0 Å². The number of allylic oxidation sites excluding steroid dienone is 1. The Kier molecular flexibility index (Phi) is 9.39. The van der Waals surface area contributed by atoms with Gasteiger partial charge in [-0.3, -0.25) is 19.0 Å². The zero-order chi connectivity index (χ0) is 31.4. The van der Waals surface area contributed by atoms with Crippen LogP contribution in [0, 0.1) is 0 Å². The minimum absolute atomic E-state index is 0.0120. The van der Waals surface area contributed by atoms with Crippen LogP contribution in [0.3, 0.4) is 0 Å². The maximum Gasteiger partial charge on any atom is 0.338 e. The van der Waals surface area contributed by atoms with E-state index in [0.717, 1.165) is 49.1 Å². The minimum atomic E-state index is -0.884. The van der Waals surface area contributed by atoms with Crippen LogP contribution in [0.25, 0.3) is 5.57 Å². The van der Waals surface area contributed by atoms with E-state index in [2.05, 4.69) is 18.5 Å². The number of hydrogen-bond acceptors (Lipinski definition) is 8. The van der Waals surface area contributed by atoms with Crippen molar-refractivity contribution in [2.24, 2.45) is 4.99 Å². The number of benzene rings is 2. The lowest BCUT2D eigenvalue weighted by Crippen LogP contribution is -2.41. The minimum Gasteiger partial charge on any atom is -0.458 e. The third-order valence-electron chi connectivity index (χ3n) is 7.64. The molecule has 2 aliphatic rings. The fourth-order valence-corrected chi connectivity index (χ4v) is 6.78. The van der Waals surface area contributed by atoms with Crippen LogP contribution in [0.4, 0.5) is 5.69 Å². The van der Waals surface area contributed by atoms with Crippen LogP contribution >= 0.6 is 11.3 Å². The van der Waals surface area contributed by atoms with Crippen LogP contribution in [0.15, 0.2) is 82.2 Å². The molecule has 0 radical (unpaired) electrons. The van der Waals surface area contributed by atoms with E-state index in [4.69, 9.17) is 9.47 Å². The van der Waals surface area contributed by atoms with Gasteiger partial charge < -0.3 is 14.4 Å². The highest BCUT2D eigenvalue weighted by molar-refractivity contribution is 7.07. The molecule has 0 spiro atoms. The van der Waals surface area contributed by atoms with Crippen molar-refractivity contribution in [3.8, 4) is 5.75 Å². The van der Waals surface area contributed by atoms with Gasteiger partial charge >= 0.3 is 11.9 Å². The van der Waals surface area contributed by atoms with Crippen LogP contribution in [-0.4, -0.2) is 35.6 Å². The van der Waals surface area contributed by atoms with Gasteiger partial charge in [0.1, 0.15) is 16.9 Å². The van der Waals surface area contributed by atoms with E-state index in [-0.39, 0.29) is 22.6 Å². The van der Waals surface area contributed by atoms with E-state index < -0.39 is 23.5 Å². The van der Waals surface area contributed by atoms with E-state index >= 15 is 0 Å². The molecule has 0 saturated heterocycles. The summed E-state index contributed by atoms with van der Waals surface area (Å²) in [6.07, 6.45) is 6.77. The van der Waals surface area contributed by atoms with E-state index in [1.807, 2.05) is 24.3 Å². The van der Waals surface area contributed by atoms with Gasteiger partial charge in [-0.2, -0.15) is 0 Å². The normalized spacial score (nSPS) is 16.8. The Bertz CT molecular complexity index is 1830. The smallest absolute Gasteiger partial charge is 0.338 e. The highest BCUT2D eigenvalue weighted by Crippen LogP contribution is 2.36. The summed E-state index contributed by atoms with van der Waals surface area (Å²) in [5, 5.41) is 0. The average Bonchev–Trinajstić information content (AvgIpc) is 3.47. The fourth-order valence-electron chi connectivity index (χ4n) is 5.64. The van der Waals surface area contributed by atoms with Crippen molar-refractivity contribution in [1.29, 1.82) is 0 Å². The first-order chi connectivity index (χ1) is 21.3. The number of unbranched alkanes of at least 4 members (excludes halogenated alkanes) is 4. The maximum atomic E-state index is 14.3. The van der Waals surface area contributed by atoms with Gasteiger partial charge in [0.2, 0.25) is 0 Å². The number of para-hydroxylation sites is 1. The van der Waals surface area contributed by atoms with Crippen LogP contribution in [0.2, 0.25) is 0 Å². The van der Waals surface area contributed by atoms with Crippen LogP contribution in [-0.2, 0) is 19.1 Å². The van der Waals surface area contributed by atoms with Gasteiger partial charge in [-0.1, -0.05) is 86.9 Å². The van der Waals surface area contributed by atoms with Gasteiger partial charge in [0.25, 0.3) is 11.5 Å². The molecule has 1 aromatic heterocycles. The van der Waals surface area contributed by atoms with Gasteiger partial charge in [0.15, 0.2) is 4.80 Å². The number of ether oxygens (including phenoxy) is 2. The van der Waals surface area contributed by atoms with Crippen LogP contribution < -0.4 is 24.5 Å². The molecule has 1 atom stereocenters. The Hall–Kier alpha value is -4.57. The number of amides is 1. The average molecular weight is 614 g/mol. The third-order valence-corrected chi connectivity index (χ3v) is 8.70. The van der Waals surface area contributed by atoms with Crippen LogP contribution in [0.5, 0.6) is 5.75 Å². The van der Waals surface area contributed by atoms with Crippen molar-refractivity contribution in [2.45, 2.75) is 58.9 Å². The molecule has 2 aliphatic heterocycles. The predicted molar refractivity (Wildman–Crippen MR) is 169 cm³/mol. The number of fused-ring (bicyclic) bond motifs is 2. The molecule has 44 heavy (non-hydrogen) atoms. The lowest BCUT2D eigenvalue weighted by atomic mass is 9.96. The first kappa shape index (κ1) is 30.9. The van der Waals surface area contributed by atoms with E-state index in [9.17, 15) is 19.2 Å². The molecule has 5 rings (SSSR count). The number of aromatic nitrogens is 1. The second-order valence-corrected chi connectivity index (χ2v) is 11.7. The summed E-state index contributed by atoms with van der Waals surface area (Å²) >= 11 is 1.14. The highest BCUT2D eigenvalue weighted by Gasteiger charge is 2.37. The Morgan fingerprint density at radius 2 is 1.77 bits per heavy atom. The van der Waals surface area contributed by atoms with E-state index in [1.54, 1.807) is 36.1 Å². The quantitative estimate of drug-likeness (QED) is 0.136. The van der Waals surface area contributed by atoms with Crippen molar-refractivity contribution in [1.82, 2.24) is 4.57 Å². The molecule has 228 valence electrons. The largest absolute Gasteiger partial charge is 0.458 e. The molecule has 9 nitrogen and oxygen atoms in total. The summed E-state index contributed by atoms with van der Waals surface area (Å²) in [4.78, 5) is 59.9. The van der Waals surface area contributed by atoms with E-state index in [0.29, 0.717) is 39.5 Å². The second-order valence-electron chi connectivity index (χ2n) is 10.7. The van der Waals surface area contributed by atoms with Crippen molar-refractivity contribution in [2.75, 3.05) is 18.1 Å². The zero-order valence-corrected chi connectivity index (χ0v) is 25.9. The number of hydrogen-bond donors (Lipinski definition) is 0. The summed E-state index contributed by atoms with van der Waals surface area (Å²) in [5.74, 6) is -0.978. The van der Waals surface area contributed by atoms with Gasteiger partial charge in [0, 0.05) is 19.0 Å². The first-order valence-electron chi connectivity index (χ1n) is 14.8. The van der Waals surface area contributed by atoms with E-state index in [1.165, 1.54) is 17.6 Å². The molecule has 1 amide bonds. The van der Waals surface area contributed by atoms with Gasteiger partial charge in [-0.05, 0) is 37.1 Å². The second kappa shape index (κ2) is 13.4. The molecule has 0 saturated carbocycles. The number of carbonyl (C=O) groups is 3. The summed E-state index contributed by atoms with van der Waals surface area (Å²) in [6, 6.07) is 13.2. The molecule has 0 unspecified atom stereocenters. The molecule has 0 N–H and O–H groups in total. The van der Waals surface area contributed by atoms with Crippen molar-refractivity contribution >= 4 is 40.4 Å². The Morgan fingerprint density at radius 1 is 1.05 bits per heavy atom. The first-order valence-corrected chi connectivity index (χ1v) is 15.6. The molecule has 0 aliphatic carbocycles. The summed E-state index contributed by atoms with van der Waals surface area (Å²) in [7, 11) is 0. The molecule has 0 bridgehead atoms. The number of rotatable bonds is 11. The summed E-state index contributed by atoms with van der Waals surface area (Å²) in [5.41, 5.74) is 2.60. The monoisotopic (exact) mass is 613 g/mol. The highest BCUT2D eigenvalue weighted by atomic mass is 32.1.